The van der Waals surface area contributed by atoms with Gasteiger partial charge in [0.1, 0.15) is 0 Å². The van der Waals surface area contributed by atoms with Crippen LogP contribution in [0.5, 0.6) is 0 Å². The van der Waals surface area contributed by atoms with E-state index in [1.165, 1.54) is 12.8 Å². The summed E-state index contributed by atoms with van der Waals surface area (Å²) in [5.74, 6) is 0.926. The quantitative estimate of drug-likeness (QED) is 0.550. The molecule has 122 valence electrons. The third-order valence-electron chi connectivity index (χ3n) is 4.50. The molecule has 0 aromatic heterocycles. The molecule has 3 heteroatoms. The first-order valence-corrected chi connectivity index (χ1v) is 8.17. The second-order valence-electron chi connectivity index (χ2n) is 7.88. The lowest BCUT2D eigenvalue weighted by molar-refractivity contribution is -0.140. The van der Waals surface area contributed by atoms with Crippen LogP contribution in [0.15, 0.2) is 12.2 Å². The van der Waals surface area contributed by atoms with Gasteiger partial charge in [0.05, 0.1) is 6.61 Å². The molecule has 0 heterocycles. The third kappa shape index (κ3) is 5.82. The lowest BCUT2D eigenvalue weighted by Crippen LogP contribution is -2.36. The van der Waals surface area contributed by atoms with Gasteiger partial charge in [-0.2, -0.15) is 0 Å². The average Bonchev–Trinajstić information content (AvgIpc) is 2.75. The maximum absolute atomic E-state index is 11.6. The summed E-state index contributed by atoms with van der Waals surface area (Å²) in [4.78, 5) is 14.0. The van der Waals surface area contributed by atoms with E-state index in [4.69, 9.17) is 4.74 Å². The van der Waals surface area contributed by atoms with Crippen LogP contribution < -0.4 is 0 Å². The molecule has 0 saturated heterocycles. The number of rotatable bonds is 6. The molecule has 1 saturated carbocycles. The second-order valence-corrected chi connectivity index (χ2v) is 7.88. The lowest BCUT2D eigenvalue weighted by atomic mass is 9.83. The van der Waals surface area contributed by atoms with Gasteiger partial charge in [-0.15, -0.1) is 0 Å². The fourth-order valence-electron chi connectivity index (χ4n) is 3.51. The van der Waals surface area contributed by atoms with E-state index in [1.807, 2.05) is 0 Å². The van der Waals surface area contributed by atoms with Gasteiger partial charge in [-0.05, 0) is 51.1 Å². The van der Waals surface area contributed by atoms with Crippen molar-refractivity contribution in [2.24, 2.45) is 17.3 Å². The summed E-state index contributed by atoms with van der Waals surface area (Å²) in [5.41, 5.74) is 0.850. The summed E-state index contributed by atoms with van der Waals surface area (Å²) in [6.45, 7) is 16.0. The predicted octanol–water partition coefficient (Wildman–Crippen LogP) is 3.89. The zero-order valence-electron chi connectivity index (χ0n) is 14.7. The number of carbonyl (C=O) groups excluding carboxylic acids is 1. The highest BCUT2D eigenvalue weighted by molar-refractivity contribution is 5.86. The van der Waals surface area contributed by atoms with Gasteiger partial charge in [-0.25, -0.2) is 4.79 Å². The molecule has 1 aliphatic rings. The van der Waals surface area contributed by atoms with Crippen molar-refractivity contribution in [1.82, 2.24) is 4.90 Å². The summed E-state index contributed by atoms with van der Waals surface area (Å²) < 4.78 is 5.43. The second kappa shape index (κ2) is 7.44. The average molecular weight is 295 g/mol. The molecule has 0 N–H and O–H groups in total. The molecule has 1 aliphatic carbocycles. The van der Waals surface area contributed by atoms with Crippen LogP contribution in [0.4, 0.5) is 0 Å². The first-order valence-electron chi connectivity index (χ1n) is 8.17. The Labute approximate surface area is 130 Å². The fourth-order valence-corrected chi connectivity index (χ4v) is 3.51. The van der Waals surface area contributed by atoms with Crippen LogP contribution in [0.1, 0.15) is 53.9 Å². The van der Waals surface area contributed by atoms with Crippen molar-refractivity contribution in [3.8, 4) is 0 Å². The van der Waals surface area contributed by atoms with Gasteiger partial charge >= 0.3 is 5.97 Å². The number of hydrogen-bond acceptors (Lipinski definition) is 3. The molecule has 0 aliphatic heterocycles. The molecule has 0 aromatic rings. The van der Waals surface area contributed by atoms with E-state index >= 15 is 0 Å². The van der Waals surface area contributed by atoms with E-state index in [2.05, 4.69) is 46.2 Å². The normalized spacial score (nSPS) is 26.1. The largest absolute Gasteiger partial charge is 0.462 e. The van der Waals surface area contributed by atoms with Crippen molar-refractivity contribution in [2.45, 2.75) is 59.9 Å². The van der Waals surface area contributed by atoms with Crippen molar-refractivity contribution >= 4 is 5.97 Å². The Morgan fingerprint density at radius 1 is 1.33 bits per heavy atom. The molecule has 3 nitrogen and oxygen atoms in total. The third-order valence-corrected chi connectivity index (χ3v) is 4.50. The first kappa shape index (κ1) is 18.2. The Morgan fingerprint density at radius 3 is 2.43 bits per heavy atom. The summed E-state index contributed by atoms with van der Waals surface area (Å²) in [7, 11) is 2.18. The van der Waals surface area contributed by atoms with Gasteiger partial charge in [-0.3, -0.25) is 0 Å². The zero-order valence-corrected chi connectivity index (χ0v) is 14.7. The molecule has 0 amide bonds. The van der Waals surface area contributed by atoms with Crippen LogP contribution in [0.25, 0.3) is 0 Å². The standard InChI is InChI=1S/C18H33NO2/c1-8-19(7)16-10-14(11-18(4,5)6)9-15(16)12-21-17(20)13(2)3/h14-16H,2,8-12H2,1,3-7H3. The Morgan fingerprint density at radius 2 is 1.95 bits per heavy atom. The highest BCUT2D eigenvalue weighted by atomic mass is 16.5. The van der Waals surface area contributed by atoms with Gasteiger partial charge < -0.3 is 9.64 Å². The molecule has 1 fully saturated rings. The van der Waals surface area contributed by atoms with Gasteiger partial charge in [0.2, 0.25) is 0 Å². The number of esters is 1. The van der Waals surface area contributed by atoms with Crippen molar-refractivity contribution in [1.29, 1.82) is 0 Å². The SMILES string of the molecule is C=C(C)C(=O)OCC1CC(CC(C)(C)C)CC1N(C)CC. The van der Waals surface area contributed by atoms with E-state index in [1.54, 1.807) is 6.92 Å². The molecule has 0 bridgehead atoms. The summed E-state index contributed by atoms with van der Waals surface area (Å²) in [6, 6.07) is 0.528. The van der Waals surface area contributed by atoms with Crippen molar-refractivity contribution < 1.29 is 9.53 Å². The number of ether oxygens (including phenoxy) is 1. The maximum atomic E-state index is 11.6. The maximum Gasteiger partial charge on any atom is 0.333 e. The molecule has 3 unspecified atom stereocenters. The molecule has 0 radical (unpaired) electrons. The molecule has 1 rings (SSSR count). The van der Waals surface area contributed by atoms with E-state index in [0.717, 1.165) is 18.9 Å². The highest BCUT2D eigenvalue weighted by Crippen LogP contribution is 2.40. The van der Waals surface area contributed by atoms with Crippen molar-refractivity contribution in [3.63, 3.8) is 0 Å². The first-order chi connectivity index (χ1) is 9.64. The summed E-state index contributed by atoms with van der Waals surface area (Å²) in [5, 5.41) is 0. The minimum absolute atomic E-state index is 0.257. The fraction of sp³-hybridized carbons (Fsp3) is 0.833. The number of carbonyl (C=O) groups is 1. The molecule has 3 atom stereocenters. The number of nitrogens with zero attached hydrogens (tertiary/aromatic N) is 1. The van der Waals surface area contributed by atoms with Gasteiger partial charge in [-0.1, -0.05) is 34.3 Å². The molecular weight excluding hydrogens is 262 g/mol. The van der Waals surface area contributed by atoms with Crippen LogP contribution in [-0.2, 0) is 9.53 Å². The van der Waals surface area contributed by atoms with Crippen molar-refractivity contribution in [3.05, 3.63) is 12.2 Å². The minimum atomic E-state index is -0.257. The van der Waals surface area contributed by atoms with E-state index in [-0.39, 0.29) is 5.97 Å². The Balaban J connectivity index is 2.65. The van der Waals surface area contributed by atoms with Crippen LogP contribution in [-0.4, -0.2) is 37.1 Å². The predicted molar refractivity (Wildman–Crippen MR) is 88.2 cm³/mol. The lowest BCUT2D eigenvalue weighted by Gasteiger charge is -2.28. The zero-order chi connectivity index (χ0) is 16.2. The van der Waals surface area contributed by atoms with Gasteiger partial charge in [0.15, 0.2) is 0 Å². The smallest absolute Gasteiger partial charge is 0.333 e. The van der Waals surface area contributed by atoms with E-state index < -0.39 is 0 Å². The Kier molecular flexibility index (Phi) is 6.45. The molecule has 21 heavy (non-hydrogen) atoms. The highest BCUT2D eigenvalue weighted by Gasteiger charge is 2.38. The minimum Gasteiger partial charge on any atom is -0.462 e. The topological polar surface area (TPSA) is 29.5 Å². The monoisotopic (exact) mass is 295 g/mol. The Bertz CT molecular complexity index is 370. The molecule has 0 aromatic carbocycles. The Hall–Kier alpha value is -0.830. The van der Waals surface area contributed by atoms with Crippen LogP contribution >= 0.6 is 0 Å². The molecule has 0 spiro atoms. The summed E-state index contributed by atoms with van der Waals surface area (Å²) in [6.07, 6.45) is 3.62. The van der Waals surface area contributed by atoms with Crippen LogP contribution in [0.2, 0.25) is 0 Å². The van der Waals surface area contributed by atoms with Gasteiger partial charge in [0.25, 0.3) is 0 Å². The van der Waals surface area contributed by atoms with Crippen LogP contribution in [0.3, 0.4) is 0 Å². The number of hydrogen-bond donors (Lipinski definition) is 0. The van der Waals surface area contributed by atoms with Gasteiger partial charge in [0, 0.05) is 17.5 Å². The van der Waals surface area contributed by atoms with E-state index in [9.17, 15) is 4.79 Å². The van der Waals surface area contributed by atoms with Crippen LogP contribution in [0, 0.1) is 17.3 Å². The summed E-state index contributed by atoms with van der Waals surface area (Å²) >= 11 is 0. The van der Waals surface area contributed by atoms with E-state index in [0.29, 0.717) is 29.6 Å². The van der Waals surface area contributed by atoms with Crippen molar-refractivity contribution in [2.75, 3.05) is 20.2 Å². The molecular formula is C18H33NO2.